The van der Waals surface area contributed by atoms with Crippen LogP contribution < -0.4 is 10.6 Å². The van der Waals surface area contributed by atoms with E-state index in [0.29, 0.717) is 35.7 Å². The zero-order valence-corrected chi connectivity index (χ0v) is 25.6. The van der Waals surface area contributed by atoms with Crippen LogP contribution in [0.5, 0.6) is 0 Å². The van der Waals surface area contributed by atoms with Crippen molar-refractivity contribution >= 4 is 17.8 Å². The number of benzene rings is 2. The summed E-state index contributed by atoms with van der Waals surface area (Å²) in [6.45, 7) is 8.49. The van der Waals surface area contributed by atoms with E-state index >= 15 is 0 Å². The zero-order chi connectivity index (χ0) is 32.2. The Morgan fingerprint density at radius 1 is 0.955 bits per heavy atom. The van der Waals surface area contributed by atoms with Crippen molar-refractivity contribution in [1.29, 1.82) is 0 Å². The molecule has 2 amide bonds. The van der Waals surface area contributed by atoms with Crippen molar-refractivity contribution < 1.29 is 37.4 Å². The minimum absolute atomic E-state index is 0.00221. The monoisotopic (exact) mass is 613 g/mol. The summed E-state index contributed by atoms with van der Waals surface area (Å²) >= 11 is 0. The van der Waals surface area contributed by atoms with E-state index in [1.807, 2.05) is 13.8 Å². The van der Waals surface area contributed by atoms with Crippen molar-refractivity contribution in [1.82, 2.24) is 15.5 Å². The van der Waals surface area contributed by atoms with E-state index < -0.39 is 35.7 Å². The number of aryl methyl sites for hydroxylation is 1. The summed E-state index contributed by atoms with van der Waals surface area (Å²) < 4.78 is 38.4. The fourth-order valence-corrected chi connectivity index (χ4v) is 4.85. The molecule has 0 aliphatic carbocycles. The number of amides is 2. The molecular weight excluding hydrogens is 572 g/mol. The van der Waals surface area contributed by atoms with Crippen molar-refractivity contribution in [3.63, 3.8) is 0 Å². The molecule has 0 spiro atoms. The second-order valence-electron chi connectivity index (χ2n) is 10.8. The lowest BCUT2D eigenvalue weighted by atomic mass is 9.99. The molecule has 0 fully saturated rings. The number of rotatable bonds is 16. The van der Waals surface area contributed by atoms with Crippen LogP contribution in [0.15, 0.2) is 52.9 Å². The first-order valence-electron chi connectivity index (χ1n) is 14.8. The van der Waals surface area contributed by atoms with Gasteiger partial charge in [0, 0.05) is 43.8 Å². The highest BCUT2D eigenvalue weighted by Gasteiger charge is 2.24. The molecular formula is C33H41F2N3O6. The summed E-state index contributed by atoms with van der Waals surface area (Å²) in [5.41, 5.74) is 1.58. The number of carbonyl (C=O) groups excluding carboxylic acids is 3. The van der Waals surface area contributed by atoms with Gasteiger partial charge in [0.15, 0.2) is 0 Å². The summed E-state index contributed by atoms with van der Waals surface area (Å²) in [5.74, 6) is -1.70. The largest absolute Gasteiger partial charge is 0.461 e. The lowest BCUT2D eigenvalue weighted by molar-refractivity contribution is -0.142. The summed E-state index contributed by atoms with van der Waals surface area (Å²) in [7, 11) is 0. The van der Waals surface area contributed by atoms with Gasteiger partial charge in [-0.05, 0) is 79.8 Å². The van der Waals surface area contributed by atoms with Gasteiger partial charge in [-0.25, -0.2) is 8.78 Å². The van der Waals surface area contributed by atoms with Crippen LogP contribution >= 0.6 is 0 Å². The standard InChI is InChI=1S/C33H41F2N3O6/c1-5-9-38(10-6-2)33(42)25-12-21(3)11-24(16-25)32(41)37-30(15-23-13-26(34)17-27(35)14-23)31(40)19-36-18-28-7-8-29(44-28)20-43-22(4)39/h7-8,11-14,16-17,30-31,36,40H,5-6,9-10,15,18-20H2,1-4H3,(H,37,41)/t30-,31+/m0/s1. The van der Waals surface area contributed by atoms with Crippen molar-refractivity contribution in [2.24, 2.45) is 0 Å². The first kappa shape index (κ1) is 34.4. The summed E-state index contributed by atoms with van der Waals surface area (Å²) in [5, 5.41) is 17.0. The third-order valence-electron chi connectivity index (χ3n) is 6.81. The smallest absolute Gasteiger partial charge is 0.303 e. The highest BCUT2D eigenvalue weighted by molar-refractivity contribution is 6.00. The van der Waals surface area contributed by atoms with E-state index in [1.165, 1.54) is 13.0 Å². The van der Waals surface area contributed by atoms with Gasteiger partial charge >= 0.3 is 5.97 Å². The quantitative estimate of drug-likeness (QED) is 0.201. The van der Waals surface area contributed by atoms with Crippen LogP contribution in [0.3, 0.4) is 0 Å². The molecule has 0 bridgehead atoms. The Balaban J connectivity index is 1.76. The number of nitrogens with one attached hydrogen (secondary N) is 2. The van der Waals surface area contributed by atoms with E-state index in [0.717, 1.165) is 31.0 Å². The van der Waals surface area contributed by atoms with Gasteiger partial charge in [0.05, 0.1) is 18.7 Å². The average Bonchev–Trinajstić information content (AvgIpc) is 3.42. The van der Waals surface area contributed by atoms with Crippen LogP contribution in [-0.2, 0) is 29.1 Å². The maximum absolute atomic E-state index is 14.0. The molecule has 9 nitrogen and oxygen atoms in total. The summed E-state index contributed by atoms with van der Waals surface area (Å²) in [4.78, 5) is 39.5. The number of esters is 1. The molecule has 3 aromatic rings. The van der Waals surface area contributed by atoms with E-state index in [-0.39, 0.29) is 43.2 Å². The maximum atomic E-state index is 14.0. The number of hydrogen-bond acceptors (Lipinski definition) is 7. The zero-order valence-electron chi connectivity index (χ0n) is 25.6. The van der Waals surface area contributed by atoms with E-state index in [9.17, 15) is 28.3 Å². The molecule has 0 saturated heterocycles. The molecule has 2 aromatic carbocycles. The van der Waals surface area contributed by atoms with E-state index in [4.69, 9.17) is 9.15 Å². The van der Waals surface area contributed by atoms with Gasteiger partial charge in [0.25, 0.3) is 11.8 Å². The van der Waals surface area contributed by atoms with E-state index in [2.05, 4.69) is 10.6 Å². The Labute approximate surface area is 256 Å². The maximum Gasteiger partial charge on any atom is 0.303 e. The molecule has 238 valence electrons. The van der Waals surface area contributed by atoms with Crippen LogP contribution in [0, 0.1) is 18.6 Å². The normalized spacial score (nSPS) is 12.4. The highest BCUT2D eigenvalue weighted by atomic mass is 19.1. The molecule has 0 aliphatic heterocycles. The second-order valence-corrected chi connectivity index (χ2v) is 10.8. The lowest BCUT2D eigenvalue weighted by Gasteiger charge is -2.25. The number of halogens is 2. The van der Waals surface area contributed by atoms with Gasteiger partial charge < -0.3 is 29.8 Å². The van der Waals surface area contributed by atoms with E-state index in [1.54, 1.807) is 36.1 Å². The Morgan fingerprint density at radius 3 is 2.23 bits per heavy atom. The van der Waals surface area contributed by atoms with Crippen molar-refractivity contribution in [3.05, 3.63) is 93.9 Å². The van der Waals surface area contributed by atoms with Crippen LogP contribution in [0.2, 0.25) is 0 Å². The highest BCUT2D eigenvalue weighted by Crippen LogP contribution is 2.16. The molecule has 1 aromatic heterocycles. The van der Waals surface area contributed by atoms with Crippen LogP contribution in [0.25, 0.3) is 0 Å². The molecule has 0 aliphatic rings. The molecule has 2 atom stereocenters. The molecule has 0 unspecified atom stereocenters. The van der Waals surface area contributed by atoms with Crippen LogP contribution in [0.1, 0.15) is 77.0 Å². The fraction of sp³-hybridized carbons (Fsp3) is 0.424. The number of aliphatic hydroxyl groups excluding tert-OH is 1. The number of aliphatic hydroxyl groups is 1. The van der Waals surface area contributed by atoms with Crippen molar-refractivity contribution in [3.8, 4) is 0 Å². The molecule has 3 N–H and O–H groups in total. The Bertz CT molecular complexity index is 1400. The van der Waals surface area contributed by atoms with Crippen molar-refractivity contribution in [2.45, 2.75) is 72.3 Å². The molecule has 0 radical (unpaired) electrons. The first-order valence-corrected chi connectivity index (χ1v) is 14.8. The third kappa shape index (κ3) is 10.6. The SMILES string of the molecule is CCCN(CCC)C(=O)c1cc(C)cc(C(=O)N[C@@H](Cc2cc(F)cc(F)c2)[C@H](O)CNCc2ccc(COC(C)=O)o2)c1. The number of hydrogen-bond donors (Lipinski definition) is 3. The lowest BCUT2D eigenvalue weighted by Crippen LogP contribution is -2.48. The second kappa shape index (κ2) is 16.7. The van der Waals surface area contributed by atoms with Crippen molar-refractivity contribution in [2.75, 3.05) is 19.6 Å². The first-order chi connectivity index (χ1) is 21.0. The summed E-state index contributed by atoms with van der Waals surface area (Å²) in [6.07, 6.45) is 0.370. The summed E-state index contributed by atoms with van der Waals surface area (Å²) in [6, 6.07) is 10.4. The predicted molar refractivity (Wildman–Crippen MR) is 161 cm³/mol. The van der Waals surface area contributed by atoms with Gasteiger partial charge in [-0.2, -0.15) is 0 Å². The number of ether oxygens (including phenoxy) is 1. The molecule has 11 heteroatoms. The average molecular weight is 614 g/mol. The van der Waals surface area contributed by atoms with Crippen LogP contribution in [0.4, 0.5) is 8.78 Å². The minimum atomic E-state index is -1.17. The molecule has 44 heavy (non-hydrogen) atoms. The molecule has 0 saturated carbocycles. The van der Waals surface area contributed by atoms with Gasteiger partial charge in [-0.1, -0.05) is 13.8 Å². The molecule has 3 rings (SSSR count). The number of furan rings is 1. The Morgan fingerprint density at radius 2 is 1.59 bits per heavy atom. The Kier molecular flexibility index (Phi) is 13.0. The Hall–Kier alpha value is -4.09. The van der Waals surface area contributed by atoms with Gasteiger partial charge in [-0.15, -0.1) is 0 Å². The number of carbonyl (C=O) groups is 3. The third-order valence-corrected chi connectivity index (χ3v) is 6.81. The fourth-order valence-electron chi connectivity index (χ4n) is 4.85. The van der Waals surface area contributed by atoms with Gasteiger partial charge in [0.1, 0.15) is 29.8 Å². The predicted octanol–water partition coefficient (Wildman–Crippen LogP) is 4.68. The van der Waals surface area contributed by atoms with Gasteiger partial charge in [0.2, 0.25) is 0 Å². The molecule has 1 heterocycles. The topological polar surface area (TPSA) is 121 Å². The van der Waals surface area contributed by atoms with Crippen LogP contribution in [-0.4, -0.2) is 59.6 Å². The van der Waals surface area contributed by atoms with Gasteiger partial charge in [-0.3, -0.25) is 14.4 Å². The minimum Gasteiger partial charge on any atom is -0.461 e. The number of nitrogens with zero attached hydrogens (tertiary/aromatic N) is 1.